The van der Waals surface area contributed by atoms with Crippen LogP contribution in [0.2, 0.25) is 0 Å². The van der Waals surface area contributed by atoms with Crippen LogP contribution in [0.4, 0.5) is 0 Å². The van der Waals surface area contributed by atoms with Crippen molar-refractivity contribution in [2.75, 3.05) is 0 Å². The highest BCUT2D eigenvalue weighted by Gasteiger charge is 2.36. The van der Waals surface area contributed by atoms with Crippen molar-refractivity contribution in [3.05, 3.63) is 0 Å². The van der Waals surface area contributed by atoms with E-state index in [9.17, 15) is 9.59 Å². The fraction of sp³-hybridized carbons (Fsp3) is 0.867. The first kappa shape index (κ1) is 16.3. The number of hydrogen-bond donors (Lipinski definition) is 0. The van der Waals surface area contributed by atoms with E-state index in [1.807, 2.05) is 27.7 Å². The van der Waals surface area contributed by atoms with Gasteiger partial charge in [0.15, 0.2) is 0 Å². The van der Waals surface area contributed by atoms with Crippen molar-refractivity contribution in [1.82, 2.24) is 0 Å². The molecule has 0 rings (SSSR count). The Morgan fingerprint density at radius 1 is 1.06 bits per heavy atom. The second kappa shape index (κ2) is 6.93. The second-order valence-corrected chi connectivity index (χ2v) is 5.46. The summed E-state index contributed by atoms with van der Waals surface area (Å²) >= 11 is 0. The molecule has 2 heteroatoms. The Morgan fingerprint density at radius 2 is 1.59 bits per heavy atom. The third-order valence-electron chi connectivity index (χ3n) is 4.57. The third kappa shape index (κ3) is 3.93. The summed E-state index contributed by atoms with van der Waals surface area (Å²) in [4.78, 5) is 24.1. The minimum Gasteiger partial charge on any atom is -0.299 e. The van der Waals surface area contributed by atoms with E-state index in [0.717, 1.165) is 19.3 Å². The van der Waals surface area contributed by atoms with Crippen molar-refractivity contribution in [2.45, 2.75) is 67.2 Å². The van der Waals surface area contributed by atoms with E-state index < -0.39 is 0 Å². The molecule has 0 radical (unpaired) electrons. The van der Waals surface area contributed by atoms with Crippen LogP contribution in [0.3, 0.4) is 0 Å². The van der Waals surface area contributed by atoms with Gasteiger partial charge in [0, 0.05) is 11.3 Å². The molecular formula is C15H28O2. The van der Waals surface area contributed by atoms with E-state index in [-0.39, 0.29) is 29.3 Å². The van der Waals surface area contributed by atoms with Crippen molar-refractivity contribution in [3.8, 4) is 0 Å². The lowest BCUT2D eigenvalue weighted by Crippen LogP contribution is -2.35. The predicted octanol–water partition coefficient (Wildman–Crippen LogP) is 4.02. The standard InChI is InChI=1S/C15H28O2/c1-7-11(4)13(16)10-14(17)15(6,9-3)12(5)8-2/h11-12H,7-10H2,1-6H3. The lowest BCUT2D eigenvalue weighted by Gasteiger charge is -2.33. The molecule has 3 atom stereocenters. The van der Waals surface area contributed by atoms with Crippen molar-refractivity contribution >= 4 is 11.6 Å². The number of carbonyl (C=O) groups is 2. The molecule has 0 aromatic carbocycles. The molecule has 0 aromatic heterocycles. The van der Waals surface area contributed by atoms with Gasteiger partial charge in [-0.1, -0.05) is 48.0 Å². The normalized spacial score (nSPS) is 18.2. The fourth-order valence-corrected chi connectivity index (χ4v) is 2.03. The molecule has 0 bridgehead atoms. The maximum Gasteiger partial charge on any atom is 0.146 e. The Balaban J connectivity index is 4.72. The minimum absolute atomic E-state index is 0.0111. The Morgan fingerprint density at radius 3 is 1.94 bits per heavy atom. The lowest BCUT2D eigenvalue weighted by molar-refractivity contribution is -0.136. The molecule has 0 spiro atoms. The van der Waals surface area contributed by atoms with Crippen LogP contribution in [0.5, 0.6) is 0 Å². The maximum absolute atomic E-state index is 12.3. The van der Waals surface area contributed by atoms with E-state index in [0.29, 0.717) is 5.92 Å². The van der Waals surface area contributed by atoms with Crippen LogP contribution < -0.4 is 0 Å². The molecule has 0 aromatic rings. The Labute approximate surface area is 106 Å². The molecule has 0 heterocycles. The third-order valence-corrected chi connectivity index (χ3v) is 4.57. The summed E-state index contributed by atoms with van der Waals surface area (Å²) in [6.45, 7) is 12.1. The van der Waals surface area contributed by atoms with Crippen LogP contribution >= 0.6 is 0 Å². The molecule has 0 amide bonds. The first-order valence-corrected chi connectivity index (χ1v) is 6.89. The van der Waals surface area contributed by atoms with Gasteiger partial charge in [-0.05, 0) is 18.8 Å². The first-order valence-electron chi connectivity index (χ1n) is 6.89. The summed E-state index contributed by atoms with van der Waals surface area (Å²) in [6.07, 6.45) is 2.73. The summed E-state index contributed by atoms with van der Waals surface area (Å²) in [5.41, 5.74) is -0.335. The molecule has 0 fully saturated rings. The van der Waals surface area contributed by atoms with Gasteiger partial charge >= 0.3 is 0 Å². The summed E-state index contributed by atoms with van der Waals surface area (Å²) in [5.74, 6) is 0.571. The minimum atomic E-state index is -0.335. The van der Waals surface area contributed by atoms with Gasteiger partial charge in [-0.15, -0.1) is 0 Å². The Kier molecular flexibility index (Phi) is 6.66. The monoisotopic (exact) mass is 240 g/mol. The molecule has 0 aliphatic rings. The first-order chi connectivity index (χ1) is 7.83. The Bertz CT molecular complexity index is 270. The molecule has 0 aliphatic heterocycles. The van der Waals surface area contributed by atoms with Gasteiger partial charge in [-0.2, -0.15) is 0 Å². The van der Waals surface area contributed by atoms with Gasteiger partial charge in [-0.3, -0.25) is 9.59 Å². The second-order valence-electron chi connectivity index (χ2n) is 5.46. The van der Waals surface area contributed by atoms with Crippen LogP contribution in [0.15, 0.2) is 0 Å². The number of Topliss-reactive ketones (excluding diaryl/α,β-unsaturated/α-hetero) is 2. The van der Waals surface area contributed by atoms with Gasteiger partial charge < -0.3 is 0 Å². The Hall–Kier alpha value is -0.660. The highest BCUT2D eigenvalue weighted by molar-refractivity contribution is 6.02. The highest BCUT2D eigenvalue weighted by Crippen LogP contribution is 2.35. The van der Waals surface area contributed by atoms with Gasteiger partial charge in [0.05, 0.1) is 6.42 Å². The van der Waals surface area contributed by atoms with E-state index in [1.54, 1.807) is 0 Å². The van der Waals surface area contributed by atoms with E-state index in [4.69, 9.17) is 0 Å². The zero-order valence-electron chi connectivity index (χ0n) is 12.3. The van der Waals surface area contributed by atoms with Crippen LogP contribution in [0, 0.1) is 17.3 Å². The van der Waals surface area contributed by atoms with E-state index >= 15 is 0 Å². The molecule has 100 valence electrons. The van der Waals surface area contributed by atoms with Crippen LogP contribution in [0.1, 0.15) is 67.2 Å². The molecule has 0 N–H and O–H groups in total. The van der Waals surface area contributed by atoms with Crippen molar-refractivity contribution in [3.63, 3.8) is 0 Å². The summed E-state index contributed by atoms with van der Waals surface area (Å²) in [5, 5.41) is 0. The van der Waals surface area contributed by atoms with E-state index in [1.165, 1.54) is 0 Å². The van der Waals surface area contributed by atoms with Gasteiger partial charge in [0.1, 0.15) is 11.6 Å². The van der Waals surface area contributed by atoms with Gasteiger partial charge in [0.2, 0.25) is 0 Å². The zero-order chi connectivity index (χ0) is 13.6. The smallest absolute Gasteiger partial charge is 0.146 e. The average Bonchev–Trinajstić information content (AvgIpc) is 2.35. The molecule has 3 unspecified atom stereocenters. The maximum atomic E-state index is 12.3. The van der Waals surface area contributed by atoms with Crippen molar-refractivity contribution in [1.29, 1.82) is 0 Å². The number of rotatable bonds is 8. The predicted molar refractivity (Wildman–Crippen MR) is 71.9 cm³/mol. The fourth-order valence-electron chi connectivity index (χ4n) is 2.03. The van der Waals surface area contributed by atoms with Crippen LogP contribution in [0.25, 0.3) is 0 Å². The lowest BCUT2D eigenvalue weighted by atomic mass is 9.70. The largest absolute Gasteiger partial charge is 0.299 e. The van der Waals surface area contributed by atoms with Gasteiger partial charge in [0.25, 0.3) is 0 Å². The highest BCUT2D eigenvalue weighted by atomic mass is 16.1. The number of ketones is 2. The average molecular weight is 240 g/mol. The van der Waals surface area contributed by atoms with Crippen molar-refractivity contribution < 1.29 is 9.59 Å². The molecular weight excluding hydrogens is 212 g/mol. The number of hydrogen-bond acceptors (Lipinski definition) is 2. The number of carbonyl (C=O) groups excluding carboxylic acids is 2. The molecule has 2 nitrogen and oxygen atoms in total. The SMILES string of the molecule is CCC(C)C(=O)CC(=O)C(C)(CC)C(C)CC. The summed E-state index contributed by atoms with van der Waals surface area (Å²) in [7, 11) is 0. The topological polar surface area (TPSA) is 34.1 Å². The summed E-state index contributed by atoms with van der Waals surface area (Å²) in [6, 6.07) is 0. The molecule has 0 saturated heterocycles. The van der Waals surface area contributed by atoms with Crippen molar-refractivity contribution in [2.24, 2.45) is 17.3 Å². The zero-order valence-corrected chi connectivity index (χ0v) is 12.3. The quantitative estimate of drug-likeness (QED) is 0.600. The van der Waals surface area contributed by atoms with Crippen LogP contribution in [-0.2, 0) is 9.59 Å². The summed E-state index contributed by atoms with van der Waals surface area (Å²) < 4.78 is 0. The molecule has 0 saturated carbocycles. The van der Waals surface area contributed by atoms with Gasteiger partial charge in [-0.25, -0.2) is 0 Å². The molecule has 0 aliphatic carbocycles. The molecule has 17 heavy (non-hydrogen) atoms. The van der Waals surface area contributed by atoms with E-state index in [2.05, 4.69) is 13.8 Å². The van der Waals surface area contributed by atoms with Crippen LogP contribution in [-0.4, -0.2) is 11.6 Å².